The van der Waals surface area contributed by atoms with Crippen LogP contribution in [0.3, 0.4) is 0 Å². The number of nitriles is 1. The number of hydrogen-bond acceptors (Lipinski definition) is 4. The van der Waals surface area contributed by atoms with E-state index in [0.29, 0.717) is 13.0 Å². The molecule has 2 saturated heterocycles. The van der Waals surface area contributed by atoms with Gasteiger partial charge in [-0.3, -0.25) is 4.79 Å². The average molecular weight is 195 g/mol. The van der Waals surface area contributed by atoms with Crippen LogP contribution in [0.4, 0.5) is 4.79 Å². The Bertz CT molecular complexity index is 327. The summed E-state index contributed by atoms with van der Waals surface area (Å²) in [6, 6.07) is 1.28. The fraction of sp³-hybridized carbons (Fsp3) is 0.625. The molecule has 1 spiro atoms. The van der Waals surface area contributed by atoms with Gasteiger partial charge in [-0.15, -0.1) is 0 Å². The topological polar surface area (TPSA) is 82.4 Å². The summed E-state index contributed by atoms with van der Waals surface area (Å²) < 4.78 is 5.08. The number of nitrogens with one attached hydrogen (secondary N) is 1. The summed E-state index contributed by atoms with van der Waals surface area (Å²) >= 11 is 0. The van der Waals surface area contributed by atoms with Crippen LogP contribution in [0.15, 0.2) is 0 Å². The van der Waals surface area contributed by atoms with Crippen molar-refractivity contribution in [2.75, 3.05) is 19.8 Å². The van der Waals surface area contributed by atoms with E-state index in [0.717, 1.165) is 4.90 Å². The van der Waals surface area contributed by atoms with Crippen LogP contribution in [0.25, 0.3) is 0 Å². The monoisotopic (exact) mass is 195 g/mol. The third-order valence-corrected chi connectivity index (χ3v) is 2.50. The molecule has 3 amide bonds. The van der Waals surface area contributed by atoms with Crippen molar-refractivity contribution in [2.24, 2.45) is 0 Å². The Morgan fingerprint density at radius 3 is 3.00 bits per heavy atom. The minimum atomic E-state index is -0.895. The Morgan fingerprint density at radius 1 is 1.64 bits per heavy atom. The molecule has 0 aromatic rings. The van der Waals surface area contributed by atoms with Gasteiger partial charge in [0.05, 0.1) is 12.7 Å². The Balaban J connectivity index is 2.23. The summed E-state index contributed by atoms with van der Waals surface area (Å²) in [5.74, 6) is -0.346. The first-order valence-electron chi connectivity index (χ1n) is 4.28. The number of carbonyl (C=O) groups is 2. The van der Waals surface area contributed by atoms with E-state index in [1.54, 1.807) is 6.07 Å². The predicted molar refractivity (Wildman–Crippen MR) is 44.0 cm³/mol. The van der Waals surface area contributed by atoms with Gasteiger partial charge in [0.25, 0.3) is 5.91 Å². The van der Waals surface area contributed by atoms with Crippen LogP contribution in [-0.4, -0.2) is 42.1 Å². The number of hydrogen-bond donors (Lipinski definition) is 1. The highest BCUT2D eigenvalue weighted by atomic mass is 16.5. The van der Waals surface area contributed by atoms with E-state index in [4.69, 9.17) is 10.00 Å². The Kier molecular flexibility index (Phi) is 1.89. The van der Waals surface area contributed by atoms with Gasteiger partial charge >= 0.3 is 6.03 Å². The molecule has 0 saturated carbocycles. The van der Waals surface area contributed by atoms with Gasteiger partial charge in [0.2, 0.25) is 0 Å². The SMILES string of the molecule is N#CCN1C(=O)NC2(CCOC2)C1=O. The zero-order chi connectivity index (χ0) is 10.2. The van der Waals surface area contributed by atoms with Crippen LogP contribution in [0.2, 0.25) is 0 Å². The van der Waals surface area contributed by atoms with Gasteiger partial charge in [-0.25, -0.2) is 9.69 Å². The molecule has 6 heteroatoms. The second-order valence-corrected chi connectivity index (χ2v) is 3.36. The van der Waals surface area contributed by atoms with E-state index in [2.05, 4.69) is 5.32 Å². The molecule has 2 fully saturated rings. The number of rotatable bonds is 1. The smallest absolute Gasteiger partial charge is 0.326 e. The van der Waals surface area contributed by atoms with E-state index >= 15 is 0 Å². The molecule has 0 radical (unpaired) electrons. The molecule has 0 bridgehead atoms. The molecule has 1 N–H and O–H groups in total. The van der Waals surface area contributed by atoms with Gasteiger partial charge < -0.3 is 10.1 Å². The Hall–Kier alpha value is -1.61. The van der Waals surface area contributed by atoms with Crippen LogP contribution < -0.4 is 5.32 Å². The minimum absolute atomic E-state index is 0.202. The molecule has 2 aliphatic rings. The third kappa shape index (κ3) is 1.06. The lowest BCUT2D eigenvalue weighted by Gasteiger charge is -2.17. The van der Waals surface area contributed by atoms with Crippen molar-refractivity contribution in [2.45, 2.75) is 12.0 Å². The van der Waals surface area contributed by atoms with E-state index < -0.39 is 11.6 Å². The maximum atomic E-state index is 11.7. The molecule has 0 aromatic heterocycles. The first-order chi connectivity index (χ1) is 6.69. The highest BCUT2D eigenvalue weighted by molar-refractivity contribution is 6.07. The molecule has 2 heterocycles. The molecule has 6 nitrogen and oxygen atoms in total. The quantitative estimate of drug-likeness (QED) is 0.439. The zero-order valence-corrected chi connectivity index (χ0v) is 7.45. The van der Waals surface area contributed by atoms with Gasteiger partial charge in [0.15, 0.2) is 0 Å². The number of imide groups is 1. The van der Waals surface area contributed by atoms with Crippen LogP contribution >= 0.6 is 0 Å². The van der Waals surface area contributed by atoms with Gasteiger partial charge in [0.1, 0.15) is 12.1 Å². The number of carbonyl (C=O) groups excluding carboxylic acids is 2. The van der Waals surface area contributed by atoms with Gasteiger partial charge in [-0.05, 0) is 0 Å². The number of ether oxygens (including phenoxy) is 1. The minimum Gasteiger partial charge on any atom is -0.378 e. The lowest BCUT2D eigenvalue weighted by atomic mass is 9.99. The maximum Gasteiger partial charge on any atom is 0.326 e. The average Bonchev–Trinajstić information content (AvgIpc) is 2.69. The number of amides is 3. The number of nitrogens with zero attached hydrogens (tertiary/aromatic N) is 2. The maximum absolute atomic E-state index is 11.7. The lowest BCUT2D eigenvalue weighted by Crippen LogP contribution is -2.47. The standard InChI is InChI=1S/C8H9N3O3/c9-2-3-11-6(12)8(10-7(11)13)1-4-14-5-8/h1,3-5H2,(H,10,13). The van der Waals surface area contributed by atoms with E-state index in [1.807, 2.05) is 0 Å². The third-order valence-electron chi connectivity index (χ3n) is 2.50. The van der Waals surface area contributed by atoms with Crippen LogP contribution in [0, 0.1) is 11.3 Å². The van der Waals surface area contributed by atoms with Crippen LogP contribution in [0.1, 0.15) is 6.42 Å². The van der Waals surface area contributed by atoms with Crippen LogP contribution in [-0.2, 0) is 9.53 Å². The number of urea groups is 1. The summed E-state index contributed by atoms with van der Waals surface area (Å²) in [7, 11) is 0. The fourth-order valence-electron chi connectivity index (χ4n) is 1.72. The molecule has 2 rings (SSSR count). The molecule has 0 aliphatic carbocycles. The Labute approximate surface area is 80.4 Å². The van der Waals surface area contributed by atoms with Gasteiger partial charge in [-0.1, -0.05) is 0 Å². The van der Waals surface area contributed by atoms with E-state index in [9.17, 15) is 9.59 Å². The lowest BCUT2D eigenvalue weighted by molar-refractivity contribution is -0.130. The van der Waals surface area contributed by atoms with Crippen molar-refractivity contribution in [1.82, 2.24) is 10.2 Å². The summed E-state index contributed by atoms with van der Waals surface area (Å²) in [5.41, 5.74) is -0.895. The molecule has 1 atom stereocenters. The molecule has 1 unspecified atom stereocenters. The molecule has 0 aromatic carbocycles. The molecule has 74 valence electrons. The first kappa shape index (κ1) is 8.97. The summed E-state index contributed by atoms with van der Waals surface area (Å²) in [4.78, 5) is 24.0. The summed E-state index contributed by atoms with van der Waals surface area (Å²) in [5, 5.41) is 11.0. The van der Waals surface area contributed by atoms with Crippen molar-refractivity contribution in [3.05, 3.63) is 0 Å². The molecular formula is C8H9N3O3. The second kappa shape index (κ2) is 2.96. The van der Waals surface area contributed by atoms with Crippen molar-refractivity contribution in [3.63, 3.8) is 0 Å². The summed E-state index contributed by atoms with van der Waals surface area (Å²) in [6.07, 6.45) is 0.486. The van der Waals surface area contributed by atoms with Crippen molar-refractivity contribution in [3.8, 4) is 6.07 Å². The molecule has 14 heavy (non-hydrogen) atoms. The Morgan fingerprint density at radius 2 is 2.43 bits per heavy atom. The normalized spacial score (nSPS) is 30.9. The van der Waals surface area contributed by atoms with Crippen molar-refractivity contribution >= 4 is 11.9 Å². The fourth-order valence-corrected chi connectivity index (χ4v) is 1.72. The predicted octanol–water partition coefficient (Wildman–Crippen LogP) is -0.779. The highest BCUT2D eigenvalue weighted by Crippen LogP contribution is 2.26. The van der Waals surface area contributed by atoms with Crippen molar-refractivity contribution < 1.29 is 14.3 Å². The summed E-state index contributed by atoms with van der Waals surface area (Å²) in [6.45, 7) is 0.471. The van der Waals surface area contributed by atoms with E-state index in [-0.39, 0.29) is 19.1 Å². The van der Waals surface area contributed by atoms with Crippen LogP contribution in [0.5, 0.6) is 0 Å². The molecular weight excluding hydrogens is 186 g/mol. The first-order valence-corrected chi connectivity index (χ1v) is 4.28. The second-order valence-electron chi connectivity index (χ2n) is 3.36. The zero-order valence-electron chi connectivity index (χ0n) is 7.45. The molecule has 2 aliphatic heterocycles. The van der Waals surface area contributed by atoms with Gasteiger partial charge in [-0.2, -0.15) is 5.26 Å². The van der Waals surface area contributed by atoms with Gasteiger partial charge in [0, 0.05) is 13.0 Å². The highest BCUT2D eigenvalue weighted by Gasteiger charge is 2.53. The largest absolute Gasteiger partial charge is 0.378 e. The van der Waals surface area contributed by atoms with Crippen molar-refractivity contribution in [1.29, 1.82) is 5.26 Å². The van der Waals surface area contributed by atoms with E-state index in [1.165, 1.54) is 0 Å².